The van der Waals surface area contributed by atoms with Crippen molar-refractivity contribution in [1.29, 1.82) is 0 Å². The maximum Gasteiger partial charge on any atom is 0.416 e. The molecule has 1 saturated carbocycles. The van der Waals surface area contributed by atoms with Crippen LogP contribution in [-0.4, -0.2) is 73.5 Å². The first-order valence-electron chi connectivity index (χ1n) is 13.5. The molecule has 1 heterocycles. The number of halogens is 7. The second-order valence-electron chi connectivity index (χ2n) is 10.3. The van der Waals surface area contributed by atoms with Crippen molar-refractivity contribution in [3.8, 4) is 5.75 Å². The summed E-state index contributed by atoms with van der Waals surface area (Å²) in [4.78, 5) is 14.1. The summed E-state index contributed by atoms with van der Waals surface area (Å²) >= 11 is 6.42. The van der Waals surface area contributed by atoms with Gasteiger partial charge in [-0.3, -0.25) is 9.69 Å². The molecule has 1 aromatic rings. The minimum atomic E-state index is -4.98. The van der Waals surface area contributed by atoms with Crippen LogP contribution in [-0.2, 0) is 26.6 Å². The summed E-state index contributed by atoms with van der Waals surface area (Å²) in [7, 11) is 0. The zero-order valence-corrected chi connectivity index (χ0v) is 22.9. The van der Waals surface area contributed by atoms with Gasteiger partial charge in [0.15, 0.2) is 0 Å². The lowest BCUT2D eigenvalue weighted by Crippen LogP contribution is -2.38. The molecule has 3 rings (SSSR count). The van der Waals surface area contributed by atoms with Crippen LogP contribution in [0.3, 0.4) is 0 Å². The van der Waals surface area contributed by atoms with Crippen molar-refractivity contribution in [2.24, 2.45) is 11.8 Å². The summed E-state index contributed by atoms with van der Waals surface area (Å²) < 4.78 is 94.8. The second kappa shape index (κ2) is 14.9. The Balaban J connectivity index is 1.41. The van der Waals surface area contributed by atoms with Crippen molar-refractivity contribution >= 4 is 17.6 Å². The van der Waals surface area contributed by atoms with Crippen molar-refractivity contribution in [3.63, 3.8) is 0 Å². The largest absolute Gasteiger partial charge is 0.493 e. The molecular formula is C27H36ClF6NO5. The van der Waals surface area contributed by atoms with Gasteiger partial charge in [-0.2, -0.15) is 26.3 Å². The third-order valence-corrected chi connectivity index (χ3v) is 7.92. The maximum absolute atomic E-state index is 13.1. The zero-order valence-electron chi connectivity index (χ0n) is 22.1. The van der Waals surface area contributed by atoms with Crippen LogP contribution in [0, 0.1) is 11.8 Å². The van der Waals surface area contributed by atoms with Gasteiger partial charge in [-0.05, 0) is 43.4 Å². The van der Waals surface area contributed by atoms with Crippen LogP contribution < -0.4 is 4.74 Å². The van der Waals surface area contributed by atoms with Crippen LogP contribution in [0.2, 0.25) is 0 Å². The van der Waals surface area contributed by atoms with Crippen molar-refractivity contribution < 1.29 is 50.5 Å². The third kappa shape index (κ3) is 10.3. The molecule has 1 saturated heterocycles. The Morgan fingerprint density at radius 1 is 0.975 bits per heavy atom. The molecule has 4 atom stereocenters. The number of benzene rings is 1. The Morgan fingerprint density at radius 2 is 1.60 bits per heavy atom. The highest BCUT2D eigenvalue weighted by Gasteiger charge is 2.42. The predicted molar refractivity (Wildman–Crippen MR) is 135 cm³/mol. The maximum atomic E-state index is 13.1. The molecule has 0 bridgehead atoms. The van der Waals surface area contributed by atoms with Gasteiger partial charge in [-0.1, -0.05) is 19.3 Å². The smallest absolute Gasteiger partial charge is 0.416 e. The minimum absolute atomic E-state index is 0.0417. The predicted octanol–water partition coefficient (Wildman–Crippen LogP) is 5.92. The standard InChI is InChI=1S/C27H36ClF6NO5/c28-23-16-24(36)22(17-40-20-14-18(26(29,30)31)13-19(15-20)27(32,33)34)21(23)5-3-1-2-4-6-25(37)39-12-9-35-7-10-38-11-8-35/h13-15,21-24,36H,1-12,16-17H2/t21-,22-,23-,24-/m1/s1. The summed E-state index contributed by atoms with van der Waals surface area (Å²) in [5.74, 6) is -1.56. The fraction of sp³-hybridized carbons (Fsp3) is 0.741. The van der Waals surface area contributed by atoms with Gasteiger partial charge in [-0.25, -0.2) is 0 Å². The van der Waals surface area contributed by atoms with Crippen LogP contribution >= 0.6 is 11.6 Å². The lowest BCUT2D eigenvalue weighted by Gasteiger charge is -2.26. The molecule has 0 aromatic heterocycles. The number of nitrogens with zero attached hydrogens (tertiary/aromatic N) is 1. The zero-order chi connectivity index (χ0) is 29.3. The molecule has 0 spiro atoms. The Bertz CT molecular complexity index is 909. The molecular weight excluding hydrogens is 568 g/mol. The van der Waals surface area contributed by atoms with E-state index in [0.717, 1.165) is 32.4 Å². The van der Waals surface area contributed by atoms with Crippen molar-refractivity contribution in [2.75, 3.05) is 46.1 Å². The minimum Gasteiger partial charge on any atom is -0.493 e. The molecule has 2 aliphatic rings. The van der Waals surface area contributed by atoms with E-state index in [1.807, 2.05) is 0 Å². The van der Waals surface area contributed by atoms with Crippen LogP contribution in [0.1, 0.15) is 56.1 Å². The Labute approximate surface area is 234 Å². The lowest BCUT2D eigenvalue weighted by molar-refractivity contribution is -0.145. The van der Waals surface area contributed by atoms with E-state index in [4.69, 9.17) is 25.8 Å². The van der Waals surface area contributed by atoms with Gasteiger partial charge in [-0.15, -0.1) is 11.6 Å². The fourth-order valence-electron chi connectivity index (χ4n) is 5.15. The van der Waals surface area contributed by atoms with Gasteiger partial charge in [0.05, 0.1) is 37.1 Å². The van der Waals surface area contributed by atoms with Crippen LogP contribution in [0.25, 0.3) is 0 Å². The van der Waals surface area contributed by atoms with Gasteiger partial charge in [0, 0.05) is 37.4 Å². The monoisotopic (exact) mass is 603 g/mol. The summed E-state index contributed by atoms with van der Waals surface area (Å²) in [6.45, 7) is 3.80. The van der Waals surface area contributed by atoms with E-state index in [9.17, 15) is 36.2 Å². The first-order chi connectivity index (χ1) is 18.8. The summed E-state index contributed by atoms with van der Waals surface area (Å²) in [6, 6.07) is 1.09. The van der Waals surface area contributed by atoms with E-state index in [1.54, 1.807) is 0 Å². The highest BCUT2D eigenvalue weighted by molar-refractivity contribution is 6.21. The molecule has 40 heavy (non-hydrogen) atoms. The number of carbonyl (C=O) groups is 1. The van der Waals surface area contributed by atoms with Crippen molar-refractivity contribution in [3.05, 3.63) is 29.3 Å². The highest BCUT2D eigenvalue weighted by atomic mass is 35.5. The topological polar surface area (TPSA) is 68.2 Å². The van der Waals surface area contributed by atoms with Crippen LogP contribution in [0.15, 0.2) is 18.2 Å². The van der Waals surface area contributed by atoms with E-state index in [1.165, 1.54) is 0 Å². The first kappa shape index (κ1) is 32.8. The van der Waals surface area contributed by atoms with Crippen molar-refractivity contribution in [1.82, 2.24) is 4.90 Å². The Hall–Kier alpha value is -1.76. The number of carbonyl (C=O) groups excluding carboxylic acids is 1. The molecule has 0 unspecified atom stereocenters. The third-order valence-electron chi connectivity index (χ3n) is 7.42. The van der Waals surface area contributed by atoms with E-state index in [0.29, 0.717) is 57.8 Å². The molecule has 228 valence electrons. The number of hydrogen-bond donors (Lipinski definition) is 1. The van der Waals surface area contributed by atoms with E-state index in [2.05, 4.69) is 4.90 Å². The molecule has 0 radical (unpaired) electrons. The average Bonchev–Trinajstić information content (AvgIpc) is 3.15. The number of aliphatic hydroxyl groups excluding tert-OH is 1. The number of ether oxygens (including phenoxy) is 3. The molecule has 1 aromatic carbocycles. The Morgan fingerprint density at radius 3 is 2.23 bits per heavy atom. The van der Waals surface area contributed by atoms with Gasteiger partial charge in [0.25, 0.3) is 0 Å². The van der Waals surface area contributed by atoms with Gasteiger partial charge in [0.2, 0.25) is 0 Å². The van der Waals surface area contributed by atoms with E-state index >= 15 is 0 Å². The molecule has 1 aliphatic carbocycles. The SMILES string of the molecule is O=C(CCCCCC[C@@H]1[C@@H](COc2cc(C(F)(F)F)cc(C(F)(F)F)c2)[C@H](O)C[C@H]1Cl)OCCN1CCOCC1. The first-order valence-corrected chi connectivity index (χ1v) is 14.0. The molecule has 0 amide bonds. The second-order valence-corrected chi connectivity index (χ2v) is 10.9. The van der Waals surface area contributed by atoms with Gasteiger partial charge >= 0.3 is 18.3 Å². The van der Waals surface area contributed by atoms with Crippen LogP contribution in [0.4, 0.5) is 26.3 Å². The van der Waals surface area contributed by atoms with Gasteiger partial charge < -0.3 is 19.3 Å². The van der Waals surface area contributed by atoms with E-state index < -0.39 is 46.6 Å². The summed E-state index contributed by atoms with van der Waals surface area (Å²) in [5.41, 5.74) is -2.92. The molecule has 1 aliphatic heterocycles. The van der Waals surface area contributed by atoms with E-state index in [-0.39, 0.29) is 31.0 Å². The lowest BCUT2D eigenvalue weighted by atomic mass is 9.90. The van der Waals surface area contributed by atoms with Crippen molar-refractivity contribution in [2.45, 2.75) is 68.8 Å². The summed E-state index contributed by atoms with van der Waals surface area (Å²) in [5, 5.41) is 10.1. The average molecular weight is 604 g/mol. The highest BCUT2D eigenvalue weighted by Crippen LogP contribution is 2.41. The number of rotatable bonds is 13. The number of hydrogen-bond acceptors (Lipinski definition) is 6. The normalized spacial score (nSPS) is 24.3. The molecule has 1 N–H and O–H groups in total. The quantitative estimate of drug-likeness (QED) is 0.131. The van der Waals surface area contributed by atoms with Crippen LogP contribution in [0.5, 0.6) is 5.75 Å². The Kier molecular flexibility index (Phi) is 12.2. The van der Waals surface area contributed by atoms with Gasteiger partial charge in [0.1, 0.15) is 12.4 Å². The molecule has 13 heteroatoms. The number of unbranched alkanes of at least 4 members (excludes halogenated alkanes) is 3. The number of alkyl halides is 7. The number of morpholine rings is 1. The molecule has 6 nitrogen and oxygen atoms in total. The fourth-order valence-corrected chi connectivity index (χ4v) is 5.65. The number of esters is 1. The number of aliphatic hydroxyl groups is 1. The molecule has 2 fully saturated rings. The summed E-state index contributed by atoms with van der Waals surface area (Å²) in [6.07, 6.45) is -6.66.